The lowest BCUT2D eigenvalue weighted by Gasteiger charge is -2.21. The van der Waals surface area contributed by atoms with E-state index in [-0.39, 0.29) is 6.42 Å². The monoisotopic (exact) mass is 347 g/mol. The van der Waals surface area contributed by atoms with Crippen molar-refractivity contribution in [3.8, 4) is 12.3 Å². The van der Waals surface area contributed by atoms with Gasteiger partial charge in [0.05, 0.1) is 0 Å². The van der Waals surface area contributed by atoms with Gasteiger partial charge >= 0.3 is 0 Å². The lowest BCUT2D eigenvalue weighted by molar-refractivity contribution is -0.130. The van der Waals surface area contributed by atoms with Crippen LogP contribution in [0.25, 0.3) is 0 Å². The van der Waals surface area contributed by atoms with Crippen molar-refractivity contribution >= 4 is 17.7 Å². The summed E-state index contributed by atoms with van der Waals surface area (Å²) >= 11 is 0. The highest BCUT2D eigenvalue weighted by atomic mass is 19.1. The van der Waals surface area contributed by atoms with E-state index in [1.165, 1.54) is 25.1 Å². The average Bonchev–Trinajstić information content (AvgIpc) is 2.52. The Hall–Kier alpha value is -2.88. The molecule has 0 aliphatic heterocycles. The molecule has 0 aliphatic rings. The number of carbonyl (C=O) groups is 3. The first-order valence-electron chi connectivity index (χ1n) is 7.88. The van der Waals surface area contributed by atoms with Crippen molar-refractivity contribution in [3.63, 3.8) is 0 Å². The van der Waals surface area contributed by atoms with Crippen molar-refractivity contribution in [3.05, 3.63) is 35.6 Å². The first-order chi connectivity index (χ1) is 11.8. The minimum Gasteiger partial charge on any atom is -0.368 e. The predicted molar refractivity (Wildman–Crippen MR) is 91.5 cm³/mol. The summed E-state index contributed by atoms with van der Waals surface area (Å²) in [5.74, 6) is 0.338. The van der Waals surface area contributed by atoms with Crippen LogP contribution in [-0.4, -0.2) is 29.8 Å². The van der Waals surface area contributed by atoms with Gasteiger partial charge in [-0.2, -0.15) is 0 Å². The topological polar surface area (TPSA) is 101 Å². The van der Waals surface area contributed by atoms with E-state index in [1.54, 1.807) is 6.07 Å². The molecule has 3 amide bonds. The maximum absolute atomic E-state index is 13.3. The fraction of sp³-hybridized carbons (Fsp3) is 0.389. The highest BCUT2D eigenvalue weighted by molar-refractivity contribution is 5.91. The van der Waals surface area contributed by atoms with Crippen molar-refractivity contribution in [1.82, 2.24) is 10.6 Å². The van der Waals surface area contributed by atoms with Crippen LogP contribution in [0.15, 0.2) is 24.3 Å². The Kier molecular flexibility index (Phi) is 8.13. The zero-order valence-corrected chi connectivity index (χ0v) is 14.0. The van der Waals surface area contributed by atoms with Crippen LogP contribution in [0, 0.1) is 18.2 Å². The van der Waals surface area contributed by atoms with E-state index in [2.05, 4.69) is 16.6 Å². The molecule has 0 aromatic heterocycles. The molecular formula is C18H22FN3O3. The normalized spacial score (nSPS) is 12.5. The minimum absolute atomic E-state index is 0.0824. The van der Waals surface area contributed by atoms with Crippen LogP contribution in [-0.2, 0) is 20.8 Å². The van der Waals surface area contributed by atoms with E-state index in [0.29, 0.717) is 24.8 Å². The number of amides is 3. The number of halogens is 1. The highest BCUT2D eigenvalue weighted by Gasteiger charge is 2.25. The summed E-state index contributed by atoms with van der Waals surface area (Å²) in [6, 6.07) is 3.88. The SMILES string of the molecule is C#CCCC[C@@H](NC(=O)[C@H](Cc1cccc(F)c1)NC(C)=O)C(N)=O. The number of nitrogens with two attached hydrogens (primary N) is 1. The van der Waals surface area contributed by atoms with Crippen molar-refractivity contribution < 1.29 is 18.8 Å². The molecule has 0 unspecified atom stereocenters. The largest absolute Gasteiger partial charge is 0.368 e. The molecule has 0 bridgehead atoms. The Balaban J connectivity index is 2.82. The molecule has 0 saturated carbocycles. The van der Waals surface area contributed by atoms with E-state index in [0.717, 1.165) is 0 Å². The number of hydrogen-bond donors (Lipinski definition) is 3. The first-order valence-corrected chi connectivity index (χ1v) is 7.88. The fourth-order valence-electron chi connectivity index (χ4n) is 2.32. The Labute approximate surface area is 146 Å². The Morgan fingerprint density at radius 2 is 2.00 bits per heavy atom. The van der Waals surface area contributed by atoms with Gasteiger partial charge in [-0.3, -0.25) is 14.4 Å². The van der Waals surface area contributed by atoms with Crippen molar-refractivity contribution in [2.75, 3.05) is 0 Å². The number of primary amides is 1. The predicted octanol–water partition coefficient (Wildman–Crippen LogP) is 0.647. The molecule has 1 rings (SSSR count). The van der Waals surface area contributed by atoms with E-state index in [4.69, 9.17) is 12.2 Å². The molecule has 0 heterocycles. The van der Waals surface area contributed by atoms with Gasteiger partial charge in [-0.15, -0.1) is 12.3 Å². The van der Waals surface area contributed by atoms with E-state index < -0.39 is 35.6 Å². The van der Waals surface area contributed by atoms with Gasteiger partial charge in [-0.05, 0) is 30.5 Å². The molecule has 0 aliphatic carbocycles. The Morgan fingerprint density at radius 3 is 2.56 bits per heavy atom. The summed E-state index contributed by atoms with van der Waals surface area (Å²) in [5.41, 5.74) is 5.84. The Morgan fingerprint density at radius 1 is 1.28 bits per heavy atom. The second-order valence-electron chi connectivity index (χ2n) is 5.65. The highest BCUT2D eigenvalue weighted by Crippen LogP contribution is 2.08. The summed E-state index contributed by atoms with van der Waals surface area (Å²) in [5, 5.41) is 5.03. The average molecular weight is 347 g/mol. The van der Waals surface area contributed by atoms with E-state index >= 15 is 0 Å². The van der Waals surface area contributed by atoms with Gasteiger partial charge in [-0.1, -0.05) is 12.1 Å². The molecule has 1 aromatic carbocycles. The van der Waals surface area contributed by atoms with Gasteiger partial charge in [0.25, 0.3) is 0 Å². The van der Waals surface area contributed by atoms with Crippen molar-refractivity contribution in [2.24, 2.45) is 5.73 Å². The number of nitrogens with one attached hydrogen (secondary N) is 2. The quantitative estimate of drug-likeness (QED) is 0.451. The summed E-state index contributed by atoms with van der Waals surface area (Å²) in [6.45, 7) is 1.27. The number of hydrogen-bond acceptors (Lipinski definition) is 3. The molecule has 7 heteroatoms. The third-order valence-corrected chi connectivity index (χ3v) is 3.50. The maximum atomic E-state index is 13.3. The van der Waals surface area contributed by atoms with Gasteiger partial charge in [0.1, 0.15) is 17.9 Å². The number of unbranched alkanes of at least 4 members (excludes halogenated alkanes) is 1. The summed E-state index contributed by atoms with van der Waals surface area (Å²) in [6.07, 6.45) is 6.53. The van der Waals surface area contributed by atoms with Gasteiger partial charge in [0, 0.05) is 19.8 Å². The third kappa shape index (κ3) is 7.48. The zero-order valence-electron chi connectivity index (χ0n) is 14.0. The van der Waals surface area contributed by atoms with Crippen LogP contribution in [0.2, 0.25) is 0 Å². The standard InChI is InChI=1S/C18H22FN3O3/c1-3-4-5-9-15(17(20)24)22-18(25)16(21-12(2)23)11-13-7-6-8-14(19)10-13/h1,6-8,10,15-16H,4-5,9,11H2,2H3,(H2,20,24)(H,21,23)(H,22,25)/t15-,16+/m1/s1. The van der Waals surface area contributed by atoms with Crippen LogP contribution >= 0.6 is 0 Å². The maximum Gasteiger partial charge on any atom is 0.243 e. The minimum atomic E-state index is -0.950. The number of rotatable bonds is 9. The van der Waals surface area contributed by atoms with Gasteiger partial charge in [0.15, 0.2) is 0 Å². The Bertz CT molecular complexity index is 670. The molecule has 0 fully saturated rings. The molecule has 4 N–H and O–H groups in total. The summed E-state index contributed by atoms with van der Waals surface area (Å²) in [4.78, 5) is 35.3. The van der Waals surface area contributed by atoms with Crippen LogP contribution < -0.4 is 16.4 Å². The molecule has 6 nitrogen and oxygen atoms in total. The molecule has 25 heavy (non-hydrogen) atoms. The van der Waals surface area contributed by atoms with Crippen LogP contribution in [0.1, 0.15) is 31.7 Å². The van der Waals surface area contributed by atoms with Gasteiger partial charge < -0.3 is 16.4 Å². The smallest absolute Gasteiger partial charge is 0.243 e. The summed E-state index contributed by atoms with van der Waals surface area (Å²) < 4.78 is 13.3. The lowest BCUT2D eigenvalue weighted by Crippen LogP contribution is -2.53. The van der Waals surface area contributed by atoms with Crippen LogP contribution in [0.3, 0.4) is 0 Å². The van der Waals surface area contributed by atoms with Gasteiger partial charge in [0.2, 0.25) is 17.7 Å². The molecule has 0 spiro atoms. The number of benzene rings is 1. The van der Waals surface area contributed by atoms with Gasteiger partial charge in [-0.25, -0.2) is 4.39 Å². The number of terminal acetylenes is 1. The van der Waals surface area contributed by atoms with E-state index in [1.807, 2.05) is 0 Å². The van der Waals surface area contributed by atoms with Crippen molar-refractivity contribution in [2.45, 2.75) is 44.7 Å². The van der Waals surface area contributed by atoms with E-state index in [9.17, 15) is 18.8 Å². The third-order valence-electron chi connectivity index (χ3n) is 3.50. The molecular weight excluding hydrogens is 325 g/mol. The molecule has 134 valence electrons. The number of carbonyl (C=O) groups excluding carboxylic acids is 3. The van der Waals surface area contributed by atoms with Crippen LogP contribution in [0.5, 0.6) is 0 Å². The van der Waals surface area contributed by atoms with Crippen molar-refractivity contribution in [1.29, 1.82) is 0 Å². The summed E-state index contributed by atoms with van der Waals surface area (Å²) in [7, 11) is 0. The molecule has 0 radical (unpaired) electrons. The van der Waals surface area contributed by atoms with Crippen LogP contribution in [0.4, 0.5) is 4.39 Å². The lowest BCUT2D eigenvalue weighted by atomic mass is 10.0. The second kappa shape index (κ2) is 10.1. The second-order valence-corrected chi connectivity index (χ2v) is 5.65. The molecule has 1 aromatic rings. The zero-order chi connectivity index (χ0) is 18.8. The molecule has 0 saturated heterocycles. The fourth-order valence-corrected chi connectivity index (χ4v) is 2.32. The molecule has 2 atom stereocenters. The first kappa shape index (κ1) is 20.2.